The van der Waals surface area contributed by atoms with Gasteiger partial charge in [0.05, 0.1) is 11.8 Å². The Hall–Kier alpha value is -1.69. The van der Waals surface area contributed by atoms with E-state index >= 15 is 0 Å². The van der Waals surface area contributed by atoms with Crippen LogP contribution in [-0.2, 0) is 13.6 Å². The Kier molecular flexibility index (Phi) is 3.53. The summed E-state index contributed by atoms with van der Waals surface area (Å²) in [5, 5.41) is 6.75. The topological polar surface area (TPSA) is 59.8 Å². The number of halogens is 1. The Morgan fingerprint density at radius 2 is 2.29 bits per heavy atom. The van der Waals surface area contributed by atoms with Gasteiger partial charge in [0, 0.05) is 36.7 Å². The largest absolute Gasteiger partial charge is 0.348 e. The van der Waals surface area contributed by atoms with Crippen LogP contribution in [0.1, 0.15) is 15.9 Å². The van der Waals surface area contributed by atoms with Crippen molar-refractivity contribution >= 4 is 21.8 Å². The Labute approximate surface area is 107 Å². The van der Waals surface area contributed by atoms with E-state index in [9.17, 15) is 4.79 Å². The van der Waals surface area contributed by atoms with E-state index in [4.69, 9.17) is 0 Å². The monoisotopic (exact) mass is 294 g/mol. The van der Waals surface area contributed by atoms with Gasteiger partial charge in [0.2, 0.25) is 0 Å². The highest BCUT2D eigenvalue weighted by Crippen LogP contribution is 2.09. The van der Waals surface area contributed by atoms with Gasteiger partial charge in [0.1, 0.15) is 0 Å². The first-order valence-corrected chi connectivity index (χ1v) is 5.81. The summed E-state index contributed by atoms with van der Waals surface area (Å²) in [6, 6.07) is 1.91. The highest BCUT2D eigenvalue weighted by molar-refractivity contribution is 9.10. The predicted octanol–water partition coefficient (Wildman–Crippen LogP) is 1.51. The van der Waals surface area contributed by atoms with Gasteiger partial charge in [-0.2, -0.15) is 5.10 Å². The molecule has 0 saturated carbocycles. The van der Waals surface area contributed by atoms with Gasteiger partial charge in [-0.25, -0.2) is 0 Å². The summed E-state index contributed by atoms with van der Waals surface area (Å²) in [4.78, 5) is 15.7. The number of pyridine rings is 1. The lowest BCUT2D eigenvalue weighted by atomic mass is 10.2. The summed E-state index contributed by atoms with van der Waals surface area (Å²) in [5.74, 6) is -0.141. The number of nitrogens with one attached hydrogen (secondary N) is 1. The lowest BCUT2D eigenvalue weighted by Crippen LogP contribution is -2.22. The van der Waals surface area contributed by atoms with Crippen molar-refractivity contribution in [3.8, 4) is 0 Å². The molecular weight excluding hydrogens is 284 g/mol. The molecule has 2 heterocycles. The average Bonchev–Trinajstić information content (AvgIpc) is 2.73. The van der Waals surface area contributed by atoms with Crippen LogP contribution in [0.5, 0.6) is 0 Å². The van der Waals surface area contributed by atoms with E-state index in [1.807, 2.05) is 6.07 Å². The van der Waals surface area contributed by atoms with E-state index in [-0.39, 0.29) is 5.91 Å². The Balaban J connectivity index is 1.97. The molecular formula is C11H11BrN4O. The highest BCUT2D eigenvalue weighted by atomic mass is 79.9. The lowest BCUT2D eigenvalue weighted by molar-refractivity contribution is 0.0951. The van der Waals surface area contributed by atoms with Gasteiger partial charge in [-0.3, -0.25) is 14.5 Å². The fourth-order valence-corrected chi connectivity index (χ4v) is 1.79. The summed E-state index contributed by atoms with van der Waals surface area (Å²) >= 11 is 3.33. The van der Waals surface area contributed by atoms with E-state index in [1.165, 1.54) is 6.20 Å². The van der Waals surface area contributed by atoms with Crippen molar-refractivity contribution in [2.24, 2.45) is 7.05 Å². The van der Waals surface area contributed by atoms with Gasteiger partial charge in [-0.1, -0.05) is 0 Å². The molecule has 0 aliphatic carbocycles. The number of hydrogen-bond acceptors (Lipinski definition) is 3. The SMILES string of the molecule is Cn1cc(C(=O)NCc2cncc(Br)c2)cn1. The van der Waals surface area contributed by atoms with Crippen LogP contribution in [0.3, 0.4) is 0 Å². The fraction of sp³-hybridized carbons (Fsp3) is 0.182. The minimum absolute atomic E-state index is 0.141. The van der Waals surface area contributed by atoms with Crippen molar-refractivity contribution in [2.75, 3.05) is 0 Å². The minimum Gasteiger partial charge on any atom is -0.348 e. The standard InChI is InChI=1S/C11H11BrN4O/c1-16-7-9(5-15-16)11(17)14-4-8-2-10(12)6-13-3-8/h2-3,5-7H,4H2,1H3,(H,14,17). The maximum Gasteiger partial charge on any atom is 0.254 e. The second-order valence-electron chi connectivity index (χ2n) is 3.60. The molecule has 0 aliphatic heterocycles. The van der Waals surface area contributed by atoms with Gasteiger partial charge in [-0.05, 0) is 27.6 Å². The zero-order valence-corrected chi connectivity index (χ0v) is 10.8. The van der Waals surface area contributed by atoms with Crippen molar-refractivity contribution < 1.29 is 4.79 Å². The Morgan fingerprint density at radius 1 is 1.47 bits per heavy atom. The zero-order valence-electron chi connectivity index (χ0n) is 9.22. The number of aromatic nitrogens is 3. The molecule has 1 N–H and O–H groups in total. The summed E-state index contributed by atoms with van der Waals surface area (Å²) in [6.07, 6.45) is 6.63. The molecule has 2 aromatic heterocycles. The second-order valence-corrected chi connectivity index (χ2v) is 4.51. The van der Waals surface area contributed by atoms with Crippen molar-refractivity contribution in [1.29, 1.82) is 0 Å². The van der Waals surface area contributed by atoms with E-state index in [0.29, 0.717) is 12.1 Å². The molecule has 17 heavy (non-hydrogen) atoms. The first-order chi connectivity index (χ1) is 8.15. The molecule has 5 nitrogen and oxygen atoms in total. The van der Waals surface area contributed by atoms with Crippen molar-refractivity contribution in [3.05, 3.63) is 46.5 Å². The van der Waals surface area contributed by atoms with Crippen molar-refractivity contribution in [1.82, 2.24) is 20.1 Å². The number of amides is 1. The normalized spacial score (nSPS) is 10.2. The van der Waals surface area contributed by atoms with E-state index < -0.39 is 0 Å². The quantitative estimate of drug-likeness (QED) is 0.933. The number of carbonyl (C=O) groups is 1. The molecule has 1 amide bonds. The molecule has 0 aromatic carbocycles. The van der Waals surface area contributed by atoms with Crippen LogP contribution in [-0.4, -0.2) is 20.7 Å². The predicted molar refractivity (Wildman–Crippen MR) is 66.3 cm³/mol. The van der Waals surface area contributed by atoms with Crippen LogP contribution < -0.4 is 5.32 Å². The zero-order chi connectivity index (χ0) is 12.3. The number of rotatable bonds is 3. The number of hydrogen-bond donors (Lipinski definition) is 1. The molecule has 0 atom stereocenters. The molecule has 2 aromatic rings. The second kappa shape index (κ2) is 5.09. The van der Waals surface area contributed by atoms with Gasteiger partial charge >= 0.3 is 0 Å². The molecule has 0 bridgehead atoms. The summed E-state index contributed by atoms with van der Waals surface area (Å²) in [6.45, 7) is 0.445. The first kappa shape index (κ1) is 11.8. The molecule has 0 unspecified atom stereocenters. The third-order valence-corrected chi connectivity index (χ3v) is 2.62. The van der Waals surface area contributed by atoms with E-state index in [1.54, 1.807) is 30.3 Å². The minimum atomic E-state index is -0.141. The summed E-state index contributed by atoms with van der Waals surface area (Å²) in [7, 11) is 1.77. The highest BCUT2D eigenvalue weighted by Gasteiger charge is 2.07. The van der Waals surface area contributed by atoms with Crippen LogP contribution in [0.4, 0.5) is 0 Å². The third kappa shape index (κ3) is 3.13. The molecule has 0 radical (unpaired) electrons. The Bertz CT molecular complexity index is 538. The maximum atomic E-state index is 11.7. The number of carbonyl (C=O) groups excluding carboxylic acids is 1. The van der Waals surface area contributed by atoms with E-state index in [2.05, 4.69) is 31.3 Å². The van der Waals surface area contributed by atoms with Gasteiger partial charge in [-0.15, -0.1) is 0 Å². The fourth-order valence-electron chi connectivity index (χ4n) is 1.38. The molecule has 88 valence electrons. The Morgan fingerprint density at radius 3 is 2.94 bits per heavy atom. The third-order valence-electron chi connectivity index (χ3n) is 2.18. The first-order valence-electron chi connectivity index (χ1n) is 5.01. The van der Waals surface area contributed by atoms with Crippen LogP contribution in [0, 0.1) is 0 Å². The van der Waals surface area contributed by atoms with E-state index in [0.717, 1.165) is 10.0 Å². The lowest BCUT2D eigenvalue weighted by Gasteiger charge is -2.03. The maximum absolute atomic E-state index is 11.7. The summed E-state index contributed by atoms with van der Waals surface area (Å²) < 4.78 is 2.49. The molecule has 0 aliphatic rings. The van der Waals surface area contributed by atoms with Gasteiger partial charge in [0.15, 0.2) is 0 Å². The van der Waals surface area contributed by atoms with Gasteiger partial charge < -0.3 is 5.32 Å². The van der Waals surface area contributed by atoms with Crippen LogP contribution in [0.2, 0.25) is 0 Å². The summed E-state index contributed by atoms with van der Waals surface area (Å²) in [5.41, 5.74) is 1.49. The van der Waals surface area contributed by atoms with Crippen LogP contribution >= 0.6 is 15.9 Å². The van der Waals surface area contributed by atoms with Crippen molar-refractivity contribution in [3.63, 3.8) is 0 Å². The molecule has 0 saturated heterocycles. The smallest absolute Gasteiger partial charge is 0.254 e. The van der Waals surface area contributed by atoms with Crippen molar-refractivity contribution in [2.45, 2.75) is 6.54 Å². The molecule has 0 spiro atoms. The van der Waals surface area contributed by atoms with Gasteiger partial charge in [0.25, 0.3) is 5.91 Å². The van der Waals surface area contributed by atoms with Crippen LogP contribution in [0.15, 0.2) is 35.3 Å². The number of aryl methyl sites for hydroxylation is 1. The van der Waals surface area contributed by atoms with Crippen LogP contribution in [0.25, 0.3) is 0 Å². The average molecular weight is 295 g/mol. The molecule has 0 fully saturated rings. The molecule has 6 heteroatoms. The number of nitrogens with zero attached hydrogens (tertiary/aromatic N) is 3. The molecule has 2 rings (SSSR count).